The average molecular weight is 333 g/mol. The van der Waals surface area contributed by atoms with Gasteiger partial charge in [-0.15, -0.1) is 0 Å². The number of benzene rings is 2. The van der Waals surface area contributed by atoms with Crippen LogP contribution in [0, 0.1) is 10.4 Å². The zero-order valence-corrected chi connectivity index (χ0v) is 13.9. The molecule has 3 aliphatic rings. The molecule has 2 aliphatic carbocycles. The van der Waals surface area contributed by atoms with Crippen LogP contribution in [-0.4, -0.2) is 22.9 Å². The SMILES string of the molecule is CCC1Cc2cc(O)c(CCCO)cc2O1.Clc1cc2ccc1=2. The Balaban J connectivity index is 0.000000183. The van der Waals surface area contributed by atoms with Crippen LogP contribution >= 0.6 is 11.6 Å². The number of phenolic OH excluding ortho intramolecular Hbond substituents is 1. The maximum Gasteiger partial charge on any atom is 0.123 e. The van der Waals surface area contributed by atoms with E-state index in [2.05, 4.69) is 13.0 Å². The number of rotatable bonds is 4. The van der Waals surface area contributed by atoms with E-state index < -0.39 is 0 Å². The highest BCUT2D eigenvalue weighted by Crippen LogP contribution is 2.35. The van der Waals surface area contributed by atoms with Crippen molar-refractivity contribution >= 4 is 11.6 Å². The molecular formula is C19H21ClO3. The number of fused-ring (bicyclic) bond motifs is 1. The van der Waals surface area contributed by atoms with Crippen molar-refractivity contribution in [3.63, 3.8) is 0 Å². The second-order valence-corrected chi connectivity index (χ2v) is 6.37. The minimum atomic E-state index is 0.148. The minimum Gasteiger partial charge on any atom is -0.508 e. The van der Waals surface area contributed by atoms with Crippen LogP contribution in [0.2, 0.25) is 5.02 Å². The normalized spacial score (nSPS) is 16.2. The van der Waals surface area contributed by atoms with E-state index in [0.717, 1.165) is 34.7 Å². The molecule has 2 N–H and O–H groups in total. The molecule has 23 heavy (non-hydrogen) atoms. The maximum absolute atomic E-state index is 9.82. The molecule has 3 nitrogen and oxygen atoms in total. The Labute approximate surface area is 140 Å². The lowest BCUT2D eigenvalue weighted by molar-refractivity contribution is 0.228. The molecule has 1 atom stereocenters. The van der Waals surface area contributed by atoms with Crippen molar-refractivity contribution in [1.82, 2.24) is 0 Å². The van der Waals surface area contributed by atoms with Gasteiger partial charge >= 0.3 is 0 Å². The summed E-state index contributed by atoms with van der Waals surface area (Å²) in [4.78, 5) is 0. The molecule has 1 aromatic rings. The number of aromatic hydroxyl groups is 1. The molecular weight excluding hydrogens is 312 g/mol. The Morgan fingerprint density at radius 1 is 1.26 bits per heavy atom. The van der Waals surface area contributed by atoms with E-state index >= 15 is 0 Å². The smallest absolute Gasteiger partial charge is 0.123 e. The van der Waals surface area contributed by atoms with Gasteiger partial charge in [-0.3, -0.25) is 0 Å². The highest BCUT2D eigenvalue weighted by atomic mass is 35.5. The average Bonchev–Trinajstić information content (AvgIpc) is 2.92. The van der Waals surface area contributed by atoms with Gasteiger partial charge in [0.1, 0.15) is 17.6 Å². The standard InChI is InChI=1S/C13H18O3.C6H3Cl/c1-2-11-6-10-7-12(15)9(4-3-5-14)8-13(10)16-11;7-6-3-4-1-2-5(4)6/h7-8,11,14-15H,2-6H2,1H3;1-3H. The molecule has 0 aromatic heterocycles. The Morgan fingerprint density at radius 3 is 2.57 bits per heavy atom. The Kier molecular flexibility index (Phi) is 4.79. The van der Waals surface area contributed by atoms with Crippen molar-refractivity contribution in [3.05, 3.63) is 56.9 Å². The van der Waals surface area contributed by atoms with Crippen LogP contribution in [0.3, 0.4) is 0 Å². The summed E-state index contributed by atoms with van der Waals surface area (Å²) in [5.74, 6) is 1.23. The number of halogens is 1. The number of aryl methyl sites for hydroxylation is 1. The minimum absolute atomic E-state index is 0.148. The first kappa shape index (κ1) is 16.2. The van der Waals surface area contributed by atoms with Crippen molar-refractivity contribution in [3.8, 4) is 11.5 Å². The molecule has 0 saturated carbocycles. The van der Waals surface area contributed by atoms with E-state index in [1.807, 2.05) is 18.2 Å². The van der Waals surface area contributed by atoms with Crippen LogP contribution in [0.1, 0.15) is 30.9 Å². The van der Waals surface area contributed by atoms with Crippen LogP contribution in [0.15, 0.2) is 30.3 Å². The second-order valence-electron chi connectivity index (χ2n) is 5.96. The first-order valence-electron chi connectivity index (χ1n) is 8.04. The second kappa shape index (κ2) is 6.81. The molecule has 0 saturated heterocycles. The fourth-order valence-electron chi connectivity index (χ4n) is 2.83. The van der Waals surface area contributed by atoms with Crippen LogP contribution in [0.5, 0.6) is 11.5 Å². The fraction of sp³-hybridized carbons (Fsp3) is 0.368. The number of phenols is 1. The van der Waals surface area contributed by atoms with Crippen molar-refractivity contribution in [1.29, 1.82) is 0 Å². The molecule has 0 radical (unpaired) electrons. The highest BCUT2D eigenvalue weighted by molar-refractivity contribution is 6.31. The van der Waals surface area contributed by atoms with Gasteiger partial charge in [-0.05, 0) is 48.2 Å². The van der Waals surface area contributed by atoms with E-state index in [4.69, 9.17) is 21.4 Å². The number of aliphatic hydroxyl groups excluding tert-OH is 1. The van der Waals surface area contributed by atoms with E-state index in [0.29, 0.717) is 18.6 Å². The van der Waals surface area contributed by atoms with E-state index in [1.165, 1.54) is 10.4 Å². The quantitative estimate of drug-likeness (QED) is 0.760. The summed E-state index contributed by atoms with van der Waals surface area (Å²) >= 11 is 5.60. The highest BCUT2D eigenvalue weighted by Gasteiger charge is 2.22. The lowest BCUT2D eigenvalue weighted by Crippen LogP contribution is -2.10. The Bertz CT molecular complexity index is 800. The summed E-state index contributed by atoms with van der Waals surface area (Å²) in [6, 6.07) is 9.77. The molecule has 1 aromatic carbocycles. The van der Waals surface area contributed by atoms with Gasteiger partial charge in [-0.2, -0.15) is 0 Å². The van der Waals surface area contributed by atoms with Crippen LogP contribution in [-0.2, 0) is 12.8 Å². The fourth-order valence-corrected chi connectivity index (χ4v) is 3.12. The summed E-state index contributed by atoms with van der Waals surface area (Å²) in [5, 5.41) is 22.1. The van der Waals surface area contributed by atoms with Crippen molar-refractivity contribution in [2.45, 2.75) is 38.7 Å². The largest absolute Gasteiger partial charge is 0.508 e. The molecule has 4 heteroatoms. The predicted molar refractivity (Wildman–Crippen MR) is 91.0 cm³/mol. The van der Waals surface area contributed by atoms with Crippen molar-refractivity contribution in [2.24, 2.45) is 0 Å². The van der Waals surface area contributed by atoms with Gasteiger partial charge < -0.3 is 14.9 Å². The lowest BCUT2D eigenvalue weighted by atomic mass is 10.0. The van der Waals surface area contributed by atoms with E-state index in [-0.39, 0.29) is 12.7 Å². The first-order valence-corrected chi connectivity index (χ1v) is 8.42. The zero-order chi connectivity index (χ0) is 16.4. The van der Waals surface area contributed by atoms with Gasteiger partial charge in [-0.25, -0.2) is 0 Å². The van der Waals surface area contributed by atoms with Gasteiger partial charge in [0.25, 0.3) is 0 Å². The predicted octanol–water partition coefficient (Wildman–Crippen LogP) is 3.97. The summed E-state index contributed by atoms with van der Waals surface area (Å²) in [6.45, 7) is 2.25. The van der Waals surface area contributed by atoms with E-state index in [9.17, 15) is 5.11 Å². The number of hydrogen-bond donors (Lipinski definition) is 2. The van der Waals surface area contributed by atoms with Gasteiger partial charge in [-0.1, -0.05) is 30.7 Å². The Morgan fingerprint density at radius 2 is 2.09 bits per heavy atom. The topological polar surface area (TPSA) is 49.7 Å². The molecule has 0 spiro atoms. The molecule has 0 bridgehead atoms. The summed E-state index contributed by atoms with van der Waals surface area (Å²) < 4.78 is 5.76. The third-order valence-corrected chi connectivity index (χ3v) is 4.66. The first-order chi connectivity index (χ1) is 11.1. The van der Waals surface area contributed by atoms with Gasteiger partial charge in [0.05, 0.1) is 0 Å². The summed E-state index contributed by atoms with van der Waals surface area (Å²) in [5.41, 5.74) is 1.96. The van der Waals surface area contributed by atoms with Crippen LogP contribution < -0.4 is 4.74 Å². The molecule has 1 unspecified atom stereocenters. The van der Waals surface area contributed by atoms with Gasteiger partial charge in [0.2, 0.25) is 0 Å². The summed E-state index contributed by atoms with van der Waals surface area (Å²) in [7, 11) is 0. The number of ether oxygens (including phenoxy) is 1. The van der Waals surface area contributed by atoms with Gasteiger partial charge in [0, 0.05) is 28.8 Å². The van der Waals surface area contributed by atoms with E-state index in [1.54, 1.807) is 6.07 Å². The third kappa shape index (κ3) is 3.31. The summed E-state index contributed by atoms with van der Waals surface area (Å²) in [6.07, 6.45) is 3.49. The Hall–Kier alpha value is -1.71. The molecule has 0 amide bonds. The number of hydrogen-bond acceptors (Lipinski definition) is 3. The number of aliphatic hydroxyl groups is 1. The maximum atomic E-state index is 9.82. The van der Waals surface area contributed by atoms with Crippen molar-refractivity contribution < 1.29 is 14.9 Å². The van der Waals surface area contributed by atoms with Gasteiger partial charge in [0.15, 0.2) is 0 Å². The molecule has 4 rings (SSSR count). The zero-order valence-electron chi connectivity index (χ0n) is 13.2. The molecule has 0 fully saturated rings. The van der Waals surface area contributed by atoms with Crippen molar-refractivity contribution in [2.75, 3.05) is 6.61 Å². The lowest BCUT2D eigenvalue weighted by Gasteiger charge is -2.08. The molecule has 1 heterocycles. The third-order valence-electron chi connectivity index (χ3n) is 4.34. The van der Waals surface area contributed by atoms with Crippen LogP contribution in [0.25, 0.3) is 0 Å². The monoisotopic (exact) mass is 332 g/mol. The van der Waals surface area contributed by atoms with Crippen LogP contribution in [0.4, 0.5) is 0 Å². The molecule has 1 aliphatic heterocycles. The molecule has 122 valence electrons.